The molecule has 122 valence electrons. The first-order chi connectivity index (χ1) is 10.4. The van der Waals surface area contributed by atoms with E-state index in [1.54, 1.807) is 0 Å². The summed E-state index contributed by atoms with van der Waals surface area (Å²) in [6.07, 6.45) is 9.95. The Hall–Kier alpha value is -0.630. The van der Waals surface area contributed by atoms with Crippen molar-refractivity contribution in [2.45, 2.75) is 71.8 Å². The minimum absolute atomic E-state index is 0.0896. The van der Waals surface area contributed by atoms with Gasteiger partial charge in [0, 0.05) is 11.8 Å². The number of hydrogen-bond acceptors (Lipinski definition) is 2. The highest BCUT2D eigenvalue weighted by Gasteiger charge is 2.57. The monoisotopic (exact) mass is 302 g/mol. The lowest BCUT2D eigenvalue weighted by molar-refractivity contribution is -0.129. The van der Waals surface area contributed by atoms with Crippen LogP contribution in [0.1, 0.15) is 65.7 Å². The van der Waals surface area contributed by atoms with E-state index in [0.29, 0.717) is 17.6 Å². The van der Waals surface area contributed by atoms with E-state index in [2.05, 4.69) is 26.8 Å². The molecule has 0 heterocycles. The molecule has 3 saturated carbocycles. The summed E-state index contributed by atoms with van der Waals surface area (Å²) in [5.74, 6) is 3.27. The maximum atomic E-state index is 12.3. The zero-order chi connectivity index (χ0) is 15.7. The van der Waals surface area contributed by atoms with E-state index in [4.69, 9.17) is 0 Å². The number of carbonyl (C=O) groups excluding carboxylic acids is 1. The molecular weight excluding hydrogens is 272 g/mol. The third kappa shape index (κ3) is 1.79. The molecule has 0 unspecified atom stereocenters. The van der Waals surface area contributed by atoms with Crippen molar-refractivity contribution in [2.24, 2.45) is 34.5 Å². The Bertz CT molecular complexity index is 532. The SMILES string of the molecule is CC1(C)C(=O)CC[C@H]2C1=CC[C@@H]1[C@@H]2CC[C@]2(C)[C@@H](O)CC[C@@H]12. The van der Waals surface area contributed by atoms with Gasteiger partial charge in [0.05, 0.1) is 6.10 Å². The summed E-state index contributed by atoms with van der Waals surface area (Å²) in [6.45, 7) is 6.61. The summed E-state index contributed by atoms with van der Waals surface area (Å²) in [4.78, 5) is 12.3. The van der Waals surface area contributed by atoms with Crippen LogP contribution in [-0.2, 0) is 4.79 Å². The normalized spacial score (nSPS) is 49.9. The van der Waals surface area contributed by atoms with E-state index in [-0.39, 0.29) is 16.9 Å². The van der Waals surface area contributed by atoms with Crippen molar-refractivity contribution in [3.63, 3.8) is 0 Å². The van der Waals surface area contributed by atoms with Gasteiger partial charge in [-0.2, -0.15) is 0 Å². The number of aliphatic hydroxyl groups excluding tert-OH is 1. The standard InChI is InChI=1S/C20H30O2/c1-19(2)15-6-4-14-12(13(15)5-8-17(19)21)10-11-20(3)16(14)7-9-18(20)22/h6,12-14,16,18,22H,4-5,7-11H2,1-3H3/t12-,13-,14-,16+,18+,20+/m1/s1. The number of ketones is 1. The van der Waals surface area contributed by atoms with Gasteiger partial charge in [0.25, 0.3) is 0 Å². The van der Waals surface area contributed by atoms with Crippen molar-refractivity contribution in [2.75, 3.05) is 0 Å². The lowest BCUT2D eigenvalue weighted by Crippen LogP contribution is -2.49. The van der Waals surface area contributed by atoms with E-state index < -0.39 is 0 Å². The van der Waals surface area contributed by atoms with Gasteiger partial charge in [-0.3, -0.25) is 4.79 Å². The van der Waals surface area contributed by atoms with Gasteiger partial charge < -0.3 is 5.11 Å². The molecule has 0 aromatic carbocycles. The fourth-order valence-electron chi connectivity index (χ4n) is 6.62. The lowest BCUT2D eigenvalue weighted by atomic mass is 9.50. The second-order valence-corrected chi connectivity index (χ2v) is 9.16. The smallest absolute Gasteiger partial charge is 0.142 e. The number of rotatable bonds is 0. The summed E-state index contributed by atoms with van der Waals surface area (Å²) in [7, 11) is 0. The molecular formula is C20H30O2. The van der Waals surface area contributed by atoms with Gasteiger partial charge in [0.15, 0.2) is 0 Å². The Labute approximate surface area is 134 Å². The molecule has 0 aromatic heterocycles. The molecule has 4 aliphatic rings. The predicted molar refractivity (Wildman–Crippen MR) is 87.3 cm³/mol. The van der Waals surface area contributed by atoms with Crippen LogP contribution in [0.25, 0.3) is 0 Å². The van der Waals surface area contributed by atoms with Gasteiger partial charge in [-0.1, -0.05) is 18.6 Å². The minimum atomic E-state index is -0.232. The average Bonchev–Trinajstić information content (AvgIpc) is 2.79. The van der Waals surface area contributed by atoms with Crippen molar-refractivity contribution in [3.8, 4) is 0 Å². The Balaban J connectivity index is 1.68. The van der Waals surface area contributed by atoms with Crippen LogP contribution in [0.2, 0.25) is 0 Å². The van der Waals surface area contributed by atoms with Crippen LogP contribution in [-0.4, -0.2) is 17.0 Å². The summed E-state index contributed by atoms with van der Waals surface area (Å²) in [5.41, 5.74) is 1.38. The first kappa shape index (κ1) is 14.9. The maximum Gasteiger partial charge on any atom is 0.142 e. The number of carbonyl (C=O) groups is 1. The van der Waals surface area contributed by atoms with E-state index in [1.165, 1.54) is 24.8 Å². The summed E-state index contributed by atoms with van der Waals surface area (Å²) < 4.78 is 0. The van der Waals surface area contributed by atoms with E-state index in [0.717, 1.165) is 37.5 Å². The van der Waals surface area contributed by atoms with Gasteiger partial charge in [0.1, 0.15) is 5.78 Å². The molecule has 6 atom stereocenters. The molecule has 1 N–H and O–H groups in total. The first-order valence-corrected chi connectivity index (χ1v) is 9.27. The van der Waals surface area contributed by atoms with Crippen molar-refractivity contribution >= 4 is 5.78 Å². The number of hydrogen-bond donors (Lipinski definition) is 1. The number of Topliss-reactive ketones (excluding diaryl/α,β-unsaturated/α-hetero) is 1. The minimum Gasteiger partial charge on any atom is -0.393 e. The van der Waals surface area contributed by atoms with Crippen LogP contribution < -0.4 is 0 Å². The lowest BCUT2D eigenvalue weighted by Gasteiger charge is -2.54. The van der Waals surface area contributed by atoms with Gasteiger partial charge in [-0.25, -0.2) is 0 Å². The Morgan fingerprint density at radius 1 is 1.09 bits per heavy atom. The van der Waals surface area contributed by atoms with E-state index >= 15 is 0 Å². The average molecular weight is 302 g/mol. The molecule has 4 aliphatic carbocycles. The van der Waals surface area contributed by atoms with Crippen LogP contribution in [0, 0.1) is 34.5 Å². The van der Waals surface area contributed by atoms with E-state index in [9.17, 15) is 9.90 Å². The molecule has 0 bridgehead atoms. The highest BCUT2D eigenvalue weighted by atomic mass is 16.3. The first-order valence-electron chi connectivity index (χ1n) is 9.27. The molecule has 3 fully saturated rings. The Kier molecular flexibility index (Phi) is 3.18. The molecule has 0 saturated heterocycles. The molecule has 0 radical (unpaired) electrons. The molecule has 0 amide bonds. The fraction of sp³-hybridized carbons (Fsp3) is 0.850. The third-order valence-electron chi connectivity index (χ3n) is 8.07. The van der Waals surface area contributed by atoms with Crippen LogP contribution >= 0.6 is 0 Å². The molecule has 4 rings (SSSR count). The summed E-state index contributed by atoms with van der Waals surface area (Å²) in [6, 6.07) is 0. The summed E-state index contributed by atoms with van der Waals surface area (Å²) in [5, 5.41) is 10.5. The quantitative estimate of drug-likeness (QED) is 0.683. The number of aliphatic hydroxyl groups is 1. The van der Waals surface area contributed by atoms with Crippen LogP contribution in [0.15, 0.2) is 11.6 Å². The van der Waals surface area contributed by atoms with Gasteiger partial charge in [-0.15, -0.1) is 0 Å². The van der Waals surface area contributed by atoms with Gasteiger partial charge >= 0.3 is 0 Å². The highest BCUT2D eigenvalue weighted by Crippen LogP contribution is 2.62. The number of fused-ring (bicyclic) bond motifs is 5. The molecule has 0 aliphatic heterocycles. The zero-order valence-corrected chi connectivity index (χ0v) is 14.3. The predicted octanol–water partition coefficient (Wildman–Crippen LogP) is 4.13. The topological polar surface area (TPSA) is 37.3 Å². The van der Waals surface area contributed by atoms with Crippen LogP contribution in [0.5, 0.6) is 0 Å². The molecule has 2 nitrogen and oxygen atoms in total. The zero-order valence-electron chi connectivity index (χ0n) is 14.3. The molecule has 0 spiro atoms. The fourth-order valence-corrected chi connectivity index (χ4v) is 6.62. The molecule has 0 aromatic rings. The second-order valence-electron chi connectivity index (χ2n) is 9.16. The van der Waals surface area contributed by atoms with Gasteiger partial charge in [0.2, 0.25) is 0 Å². The Morgan fingerprint density at radius 2 is 1.86 bits per heavy atom. The number of allylic oxidation sites excluding steroid dienone is 2. The summed E-state index contributed by atoms with van der Waals surface area (Å²) >= 11 is 0. The van der Waals surface area contributed by atoms with Gasteiger partial charge in [-0.05, 0) is 81.5 Å². The van der Waals surface area contributed by atoms with Crippen molar-refractivity contribution in [1.29, 1.82) is 0 Å². The van der Waals surface area contributed by atoms with Crippen molar-refractivity contribution in [1.82, 2.24) is 0 Å². The largest absolute Gasteiger partial charge is 0.393 e. The highest BCUT2D eigenvalue weighted by molar-refractivity contribution is 5.88. The van der Waals surface area contributed by atoms with Crippen LogP contribution in [0.4, 0.5) is 0 Å². The van der Waals surface area contributed by atoms with Crippen LogP contribution in [0.3, 0.4) is 0 Å². The maximum absolute atomic E-state index is 12.3. The van der Waals surface area contributed by atoms with Crippen molar-refractivity contribution < 1.29 is 9.90 Å². The third-order valence-corrected chi connectivity index (χ3v) is 8.07. The molecule has 2 heteroatoms. The van der Waals surface area contributed by atoms with E-state index in [1.807, 2.05) is 0 Å². The molecule has 22 heavy (non-hydrogen) atoms. The Morgan fingerprint density at radius 3 is 2.64 bits per heavy atom. The van der Waals surface area contributed by atoms with Crippen molar-refractivity contribution in [3.05, 3.63) is 11.6 Å². The second kappa shape index (κ2) is 4.69.